The zero-order chi connectivity index (χ0) is 23.6. The van der Waals surface area contributed by atoms with Crippen LogP contribution in [0.25, 0.3) is 21.8 Å². The van der Waals surface area contributed by atoms with Crippen LogP contribution in [0.15, 0.2) is 72.2 Å². The van der Waals surface area contributed by atoms with Crippen molar-refractivity contribution in [2.75, 3.05) is 11.9 Å². The van der Waals surface area contributed by atoms with Gasteiger partial charge in [-0.05, 0) is 47.4 Å². The lowest BCUT2D eigenvalue weighted by atomic mass is 9.84. The van der Waals surface area contributed by atoms with E-state index in [2.05, 4.69) is 59.2 Å². The molecule has 170 valence electrons. The van der Waals surface area contributed by atoms with Crippen LogP contribution < -0.4 is 5.32 Å². The molecule has 2 aliphatic rings. The van der Waals surface area contributed by atoms with Crippen molar-refractivity contribution in [1.82, 2.24) is 14.5 Å². The molecule has 0 spiro atoms. The fourth-order valence-electron chi connectivity index (χ4n) is 5.44. The van der Waals surface area contributed by atoms with Crippen LogP contribution in [0.1, 0.15) is 37.8 Å². The van der Waals surface area contributed by atoms with E-state index in [9.17, 15) is 9.59 Å². The van der Waals surface area contributed by atoms with Gasteiger partial charge in [-0.15, -0.1) is 0 Å². The maximum Gasteiger partial charge on any atom is 0.259 e. The molecule has 2 aromatic heterocycles. The van der Waals surface area contributed by atoms with Crippen molar-refractivity contribution in [2.45, 2.75) is 33.2 Å². The highest BCUT2D eigenvalue weighted by molar-refractivity contribution is 6.11. The molecule has 34 heavy (non-hydrogen) atoms. The van der Waals surface area contributed by atoms with Crippen molar-refractivity contribution in [3.05, 3.63) is 83.3 Å². The number of imide groups is 1. The SMILES string of the molecule is CC(=O)N1CC2=C(C1=O)[C@H](c1ccc3ncccc3c1)c1cn(CC(C)C)c3cccc(c13)N2. The number of carbonyl (C=O) groups is 2. The van der Waals surface area contributed by atoms with Crippen LogP contribution in [0.5, 0.6) is 0 Å². The summed E-state index contributed by atoms with van der Waals surface area (Å²) in [6.07, 6.45) is 3.99. The summed E-state index contributed by atoms with van der Waals surface area (Å²) in [6, 6.07) is 16.4. The molecule has 2 aliphatic heterocycles. The Labute approximate surface area is 197 Å². The van der Waals surface area contributed by atoms with E-state index in [0.717, 1.165) is 50.9 Å². The van der Waals surface area contributed by atoms with Gasteiger partial charge in [0.05, 0.1) is 23.2 Å². The normalized spacial score (nSPS) is 17.5. The van der Waals surface area contributed by atoms with Gasteiger partial charge in [-0.2, -0.15) is 0 Å². The average molecular weight is 451 g/mol. The Hall–Kier alpha value is -3.93. The number of nitrogens with zero attached hydrogens (tertiary/aromatic N) is 3. The first kappa shape index (κ1) is 20.7. The van der Waals surface area contributed by atoms with E-state index in [1.54, 1.807) is 6.20 Å². The molecule has 0 aliphatic carbocycles. The average Bonchev–Trinajstić information content (AvgIpc) is 3.28. The molecule has 4 aromatic rings. The van der Waals surface area contributed by atoms with Crippen LogP contribution in [-0.2, 0) is 16.1 Å². The highest BCUT2D eigenvalue weighted by Crippen LogP contribution is 2.46. The van der Waals surface area contributed by atoms with E-state index in [1.165, 1.54) is 11.8 Å². The zero-order valence-electron chi connectivity index (χ0n) is 19.5. The Morgan fingerprint density at radius 2 is 2.03 bits per heavy atom. The quantitative estimate of drug-likeness (QED) is 0.475. The van der Waals surface area contributed by atoms with Gasteiger partial charge in [0, 0.05) is 53.9 Å². The Morgan fingerprint density at radius 3 is 2.82 bits per heavy atom. The number of anilines is 1. The van der Waals surface area contributed by atoms with Crippen molar-refractivity contribution in [2.24, 2.45) is 5.92 Å². The molecule has 6 nitrogen and oxygen atoms in total. The van der Waals surface area contributed by atoms with Crippen LogP contribution in [0, 0.1) is 5.92 Å². The highest BCUT2D eigenvalue weighted by Gasteiger charge is 2.41. The van der Waals surface area contributed by atoms with Gasteiger partial charge in [-0.3, -0.25) is 19.5 Å². The summed E-state index contributed by atoms with van der Waals surface area (Å²) in [5.74, 6) is -0.270. The lowest BCUT2D eigenvalue weighted by molar-refractivity contribution is -0.139. The van der Waals surface area contributed by atoms with E-state index >= 15 is 0 Å². The molecule has 2 aromatic carbocycles. The highest BCUT2D eigenvalue weighted by atomic mass is 16.2. The minimum Gasteiger partial charge on any atom is -0.356 e. The fraction of sp³-hybridized carbons (Fsp3) is 0.250. The third kappa shape index (κ3) is 3.05. The molecular weight excluding hydrogens is 424 g/mol. The minimum atomic E-state index is -0.288. The number of fused-ring (bicyclic) bond motifs is 1. The Bertz CT molecular complexity index is 1530. The fourth-order valence-corrected chi connectivity index (χ4v) is 5.44. The summed E-state index contributed by atoms with van der Waals surface area (Å²) in [5, 5.41) is 5.71. The third-order valence-corrected chi connectivity index (χ3v) is 6.84. The second-order valence-electron chi connectivity index (χ2n) is 9.65. The van der Waals surface area contributed by atoms with E-state index in [-0.39, 0.29) is 24.3 Å². The summed E-state index contributed by atoms with van der Waals surface area (Å²) in [7, 11) is 0. The van der Waals surface area contributed by atoms with Gasteiger partial charge in [0.25, 0.3) is 5.91 Å². The first-order valence-corrected chi connectivity index (χ1v) is 11.7. The predicted molar refractivity (Wildman–Crippen MR) is 133 cm³/mol. The first-order chi connectivity index (χ1) is 16.4. The van der Waals surface area contributed by atoms with Crippen molar-refractivity contribution in [3.8, 4) is 0 Å². The molecule has 0 saturated heterocycles. The number of pyridine rings is 1. The largest absolute Gasteiger partial charge is 0.356 e. The minimum absolute atomic E-state index is 0.219. The molecule has 1 N–H and O–H groups in total. The number of rotatable bonds is 3. The van der Waals surface area contributed by atoms with E-state index in [4.69, 9.17) is 0 Å². The number of aromatic nitrogens is 2. The number of benzene rings is 2. The summed E-state index contributed by atoms with van der Waals surface area (Å²) in [4.78, 5) is 31.7. The maximum atomic E-state index is 13.6. The van der Waals surface area contributed by atoms with E-state index < -0.39 is 0 Å². The molecule has 0 bridgehead atoms. The lowest BCUT2D eigenvalue weighted by Gasteiger charge is -2.20. The molecule has 2 amide bonds. The molecular formula is C28H26N4O2. The van der Waals surface area contributed by atoms with Gasteiger partial charge in [0.15, 0.2) is 0 Å². The van der Waals surface area contributed by atoms with Gasteiger partial charge in [-0.1, -0.05) is 32.0 Å². The first-order valence-electron chi connectivity index (χ1n) is 11.7. The van der Waals surface area contributed by atoms with Gasteiger partial charge < -0.3 is 9.88 Å². The third-order valence-electron chi connectivity index (χ3n) is 6.84. The summed E-state index contributed by atoms with van der Waals surface area (Å²) in [5.41, 5.74) is 6.61. The van der Waals surface area contributed by atoms with Crippen molar-refractivity contribution in [1.29, 1.82) is 0 Å². The van der Waals surface area contributed by atoms with Crippen molar-refractivity contribution >= 4 is 39.3 Å². The van der Waals surface area contributed by atoms with Crippen LogP contribution in [0.3, 0.4) is 0 Å². The van der Waals surface area contributed by atoms with Gasteiger partial charge >= 0.3 is 0 Å². The second-order valence-corrected chi connectivity index (χ2v) is 9.65. The molecule has 6 heteroatoms. The van der Waals surface area contributed by atoms with Gasteiger partial charge in [0.1, 0.15) is 0 Å². The molecule has 0 fully saturated rings. The van der Waals surface area contributed by atoms with Crippen molar-refractivity contribution < 1.29 is 9.59 Å². The second kappa shape index (κ2) is 7.55. The summed E-state index contributed by atoms with van der Waals surface area (Å²) >= 11 is 0. The number of hydrogen-bond donors (Lipinski definition) is 1. The molecule has 6 rings (SSSR count). The van der Waals surface area contributed by atoms with Crippen LogP contribution in [0.4, 0.5) is 5.69 Å². The molecule has 1 atom stereocenters. The Kier molecular flexibility index (Phi) is 4.59. The standard InChI is InChI=1S/C28H26N4O2/c1-16(2)13-31-14-20-25(19-9-10-21-18(12-19)6-5-11-29-21)27-23(15-32(17(3)33)28(27)34)30-22-7-4-8-24(31)26(20)22/h4-12,14,16,25,30H,13,15H2,1-3H3/t25-/m1/s1. The lowest BCUT2D eigenvalue weighted by Crippen LogP contribution is -2.33. The van der Waals surface area contributed by atoms with Gasteiger partial charge in [0.2, 0.25) is 5.91 Å². The van der Waals surface area contributed by atoms with Gasteiger partial charge in [-0.25, -0.2) is 0 Å². The predicted octanol–water partition coefficient (Wildman–Crippen LogP) is 5.05. The smallest absolute Gasteiger partial charge is 0.259 e. The summed E-state index contributed by atoms with van der Waals surface area (Å²) in [6.45, 7) is 7.01. The van der Waals surface area contributed by atoms with Crippen LogP contribution >= 0.6 is 0 Å². The summed E-state index contributed by atoms with van der Waals surface area (Å²) < 4.78 is 2.30. The number of carbonyl (C=O) groups excluding carboxylic acids is 2. The Balaban J connectivity index is 1.64. The van der Waals surface area contributed by atoms with E-state index in [0.29, 0.717) is 11.5 Å². The molecule has 0 unspecified atom stereocenters. The topological polar surface area (TPSA) is 67.2 Å². The van der Waals surface area contributed by atoms with Crippen LogP contribution in [-0.4, -0.2) is 32.8 Å². The zero-order valence-corrected chi connectivity index (χ0v) is 19.5. The maximum absolute atomic E-state index is 13.6. The number of nitrogens with one attached hydrogen (secondary N) is 1. The molecule has 0 saturated carbocycles. The number of hydrogen-bond acceptors (Lipinski definition) is 4. The number of amides is 2. The van der Waals surface area contributed by atoms with Crippen LogP contribution in [0.2, 0.25) is 0 Å². The molecule has 4 heterocycles. The monoisotopic (exact) mass is 450 g/mol. The van der Waals surface area contributed by atoms with E-state index in [1.807, 2.05) is 24.3 Å². The Morgan fingerprint density at radius 1 is 1.18 bits per heavy atom. The molecule has 0 radical (unpaired) electrons. The van der Waals surface area contributed by atoms with Crippen molar-refractivity contribution in [3.63, 3.8) is 0 Å².